The number of aromatic amines is 1. The van der Waals surface area contributed by atoms with Gasteiger partial charge in [-0.1, -0.05) is 0 Å². The van der Waals surface area contributed by atoms with E-state index in [1.54, 1.807) is 11.3 Å². The number of rotatable bonds is 4. The van der Waals surface area contributed by atoms with E-state index in [0.29, 0.717) is 17.4 Å². The molecule has 0 saturated heterocycles. The molecule has 0 atom stereocenters. The number of amides is 1. The largest absolute Gasteiger partial charge is 0.310 e. The third kappa shape index (κ3) is 3.36. The average Bonchev–Trinajstić information content (AvgIpc) is 3.16. The summed E-state index contributed by atoms with van der Waals surface area (Å²) in [6, 6.07) is 0. The molecule has 2 N–H and O–H groups in total. The van der Waals surface area contributed by atoms with Crippen LogP contribution in [0.2, 0.25) is 0 Å². The van der Waals surface area contributed by atoms with Crippen molar-refractivity contribution in [1.82, 2.24) is 15.0 Å². The van der Waals surface area contributed by atoms with E-state index in [-0.39, 0.29) is 17.9 Å². The van der Waals surface area contributed by atoms with Gasteiger partial charge in [0.05, 0.1) is 11.1 Å². The number of fused-ring (bicyclic) bond motifs is 3. The van der Waals surface area contributed by atoms with Crippen molar-refractivity contribution in [3.8, 4) is 0 Å². The zero-order valence-electron chi connectivity index (χ0n) is 13.8. The lowest BCUT2D eigenvalue weighted by Crippen LogP contribution is -2.16. The Bertz CT molecular complexity index is 1000. The normalized spacial score (nSPS) is 13.8. The van der Waals surface area contributed by atoms with E-state index in [2.05, 4.69) is 20.3 Å². The lowest BCUT2D eigenvalue weighted by Gasteiger charge is -2.09. The van der Waals surface area contributed by atoms with E-state index in [1.165, 1.54) is 28.2 Å². The van der Waals surface area contributed by atoms with Gasteiger partial charge in [-0.3, -0.25) is 9.59 Å². The van der Waals surface area contributed by atoms with Crippen molar-refractivity contribution >= 4 is 43.9 Å². The van der Waals surface area contributed by atoms with E-state index in [1.807, 2.05) is 12.3 Å². The van der Waals surface area contributed by atoms with E-state index in [0.717, 1.165) is 35.2 Å². The molecular weight excluding hydrogens is 356 g/mol. The van der Waals surface area contributed by atoms with Crippen molar-refractivity contribution in [3.63, 3.8) is 0 Å². The van der Waals surface area contributed by atoms with Crippen molar-refractivity contribution in [2.45, 2.75) is 45.4 Å². The topological polar surface area (TPSA) is 87.7 Å². The third-order valence-corrected chi connectivity index (χ3v) is 6.39. The summed E-state index contributed by atoms with van der Waals surface area (Å²) in [7, 11) is 0. The van der Waals surface area contributed by atoms with Crippen LogP contribution in [0.5, 0.6) is 0 Å². The highest BCUT2D eigenvalue weighted by atomic mass is 32.1. The highest BCUT2D eigenvalue weighted by Crippen LogP contribution is 2.33. The van der Waals surface area contributed by atoms with Crippen molar-refractivity contribution < 1.29 is 4.79 Å². The molecule has 130 valence electrons. The molecule has 3 heterocycles. The molecule has 4 rings (SSSR count). The maximum absolute atomic E-state index is 12.5. The molecule has 0 bridgehead atoms. The monoisotopic (exact) mass is 374 g/mol. The van der Waals surface area contributed by atoms with E-state index < -0.39 is 0 Å². The molecular formula is C17H18N4O2S2. The van der Waals surface area contributed by atoms with E-state index in [9.17, 15) is 9.59 Å². The van der Waals surface area contributed by atoms with Crippen LogP contribution < -0.4 is 10.9 Å². The predicted octanol–water partition coefficient (Wildman–Crippen LogP) is 3.20. The van der Waals surface area contributed by atoms with Gasteiger partial charge in [0.1, 0.15) is 10.7 Å². The van der Waals surface area contributed by atoms with Crippen LogP contribution in [0.25, 0.3) is 10.2 Å². The molecule has 25 heavy (non-hydrogen) atoms. The van der Waals surface area contributed by atoms with Gasteiger partial charge in [0.2, 0.25) is 5.91 Å². The molecule has 1 aliphatic carbocycles. The Balaban J connectivity index is 1.50. The quantitative estimate of drug-likeness (QED) is 0.734. The second kappa shape index (κ2) is 6.68. The molecule has 0 radical (unpaired) electrons. The first-order valence-electron chi connectivity index (χ1n) is 8.35. The number of carbonyl (C=O) groups is 1. The first kappa shape index (κ1) is 16.4. The number of H-pyrrole nitrogens is 1. The van der Waals surface area contributed by atoms with Gasteiger partial charge >= 0.3 is 0 Å². The minimum Gasteiger partial charge on any atom is -0.310 e. The minimum absolute atomic E-state index is 0.0737. The molecule has 0 saturated carbocycles. The zero-order chi connectivity index (χ0) is 17.4. The maximum atomic E-state index is 12.5. The number of nitrogens with zero attached hydrogens (tertiary/aromatic N) is 2. The Morgan fingerprint density at radius 1 is 1.32 bits per heavy atom. The summed E-state index contributed by atoms with van der Waals surface area (Å²) >= 11 is 3.03. The van der Waals surface area contributed by atoms with Crippen LogP contribution in [0.3, 0.4) is 0 Å². The number of hydrogen-bond donors (Lipinski definition) is 2. The predicted molar refractivity (Wildman–Crippen MR) is 101 cm³/mol. The van der Waals surface area contributed by atoms with Crippen LogP contribution in [-0.2, 0) is 24.1 Å². The fourth-order valence-corrected chi connectivity index (χ4v) is 5.14. The van der Waals surface area contributed by atoms with Gasteiger partial charge < -0.3 is 10.3 Å². The van der Waals surface area contributed by atoms with Gasteiger partial charge in [-0.25, -0.2) is 9.97 Å². The molecule has 0 aromatic carbocycles. The van der Waals surface area contributed by atoms with Gasteiger partial charge in [0, 0.05) is 23.1 Å². The number of thiophene rings is 1. The lowest BCUT2D eigenvalue weighted by molar-refractivity contribution is -0.116. The van der Waals surface area contributed by atoms with Gasteiger partial charge in [-0.15, -0.1) is 22.7 Å². The number of thiazole rings is 1. The summed E-state index contributed by atoms with van der Waals surface area (Å²) < 4.78 is 0. The number of hydrogen-bond acceptors (Lipinski definition) is 6. The molecule has 8 heteroatoms. The maximum Gasteiger partial charge on any atom is 0.259 e. The van der Waals surface area contributed by atoms with Gasteiger partial charge in [-0.2, -0.15) is 0 Å². The Kier molecular flexibility index (Phi) is 4.39. The SMILES string of the molecule is Cc1csc(NC(=O)CCc2nc3sc4c(c3c(=O)[nH]2)CCCC4)n1. The van der Waals surface area contributed by atoms with Crippen LogP contribution in [-0.4, -0.2) is 20.9 Å². The first-order chi connectivity index (χ1) is 12.1. The number of nitrogens with one attached hydrogen (secondary N) is 2. The van der Waals surface area contributed by atoms with Crippen molar-refractivity contribution in [2.75, 3.05) is 5.32 Å². The van der Waals surface area contributed by atoms with Crippen molar-refractivity contribution in [2.24, 2.45) is 0 Å². The van der Waals surface area contributed by atoms with Gasteiger partial charge in [0.25, 0.3) is 5.56 Å². The number of aromatic nitrogens is 3. The highest BCUT2D eigenvalue weighted by molar-refractivity contribution is 7.18. The van der Waals surface area contributed by atoms with Crippen LogP contribution in [0.15, 0.2) is 10.2 Å². The fraction of sp³-hybridized carbons (Fsp3) is 0.412. The van der Waals surface area contributed by atoms with Gasteiger partial charge in [0.15, 0.2) is 5.13 Å². The van der Waals surface area contributed by atoms with Crippen molar-refractivity contribution in [3.05, 3.63) is 37.7 Å². The summed E-state index contributed by atoms with van der Waals surface area (Å²) in [6.45, 7) is 1.89. The summed E-state index contributed by atoms with van der Waals surface area (Å²) in [5.74, 6) is 0.448. The molecule has 1 amide bonds. The van der Waals surface area contributed by atoms with Gasteiger partial charge in [-0.05, 0) is 38.2 Å². The molecule has 0 unspecified atom stereocenters. The Morgan fingerprint density at radius 2 is 2.16 bits per heavy atom. The molecule has 1 aliphatic rings. The summed E-state index contributed by atoms with van der Waals surface area (Å²) in [5.41, 5.74) is 2.00. The molecule has 0 fully saturated rings. The summed E-state index contributed by atoms with van der Waals surface area (Å²) in [4.78, 5) is 38.3. The minimum atomic E-state index is -0.123. The van der Waals surface area contributed by atoms with Crippen LogP contribution >= 0.6 is 22.7 Å². The Hall–Kier alpha value is -2.06. The van der Waals surface area contributed by atoms with Crippen LogP contribution in [0.1, 0.15) is 41.2 Å². The molecule has 3 aromatic rings. The van der Waals surface area contributed by atoms with Crippen LogP contribution in [0.4, 0.5) is 5.13 Å². The number of aryl methyl sites for hydroxylation is 4. The second-order valence-corrected chi connectivity index (χ2v) is 8.19. The van der Waals surface area contributed by atoms with Crippen molar-refractivity contribution in [1.29, 1.82) is 0 Å². The Morgan fingerprint density at radius 3 is 2.96 bits per heavy atom. The molecule has 0 aliphatic heterocycles. The number of carbonyl (C=O) groups excluding carboxylic acids is 1. The Labute approximate surface area is 152 Å². The molecule has 6 nitrogen and oxygen atoms in total. The fourth-order valence-electron chi connectivity index (χ4n) is 3.15. The first-order valence-corrected chi connectivity index (χ1v) is 10.0. The van der Waals surface area contributed by atoms with E-state index >= 15 is 0 Å². The lowest BCUT2D eigenvalue weighted by atomic mass is 9.97. The highest BCUT2D eigenvalue weighted by Gasteiger charge is 2.19. The zero-order valence-corrected chi connectivity index (χ0v) is 15.5. The average molecular weight is 374 g/mol. The molecule has 0 spiro atoms. The summed E-state index contributed by atoms with van der Waals surface area (Å²) in [5, 5.41) is 6.02. The summed E-state index contributed by atoms with van der Waals surface area (Å²) in [6.07, 6.45) is 5.00. The standard InChI is InChI=1S/C17H18N4O2S2/c1-9-8-24-17(18-9)21-13(22)7-6-12-19-15(23)14-10-4-2-3-5-11(10)25-16(14)20-12/h8H,2-7H2,1H3,(H,18,21,22)(H,19,20,23). The number of anilines is 1. The van der Waals surface area contributed by atoms with Crippen LogP contribution in [0, 0.1) is 6.92 Å². The second-order valence-electron chi connectivity index (χ2n) is 6.25. The van der Waals surface area contributed by atoms with E-state index in [4.69, 9.17) is 0 Å². The molecule has 3 aromatic heterocycles. The third-order valence-electron chi connectivity index (χ3n) is 4.33. The smallest absolute Gasteiger partial charge is 0.259 e.